The molecule has 3 aliphatic rings. The smallest absolute Gasteiger partial charge is 0.417 e. The van der Waals surface area contributed by atoms with Gasteiger partial charge < -0.3 is 9.64 Å². The Morgan fingerprint density at radius 1 is 1.12 bits per heavy atom. The third-order valence-corrected chi connectivity index (χ3v) is 6.80. The number of aromatic nitrogens is 3. The molecule has 3 aromatic heterocycles. The molecule has 32 heavy (non-hydrogen) atoms. The van der Waals surface area contributed by atoms with Crippen LogP contribution in [0.1, 0.15) is 35.3 Å². The molecule has 1 saturated carbocycles. The van der Waals surface area contributed by atoms with Gasteiger partial charge in [-0.2, -0.15) is 13.2 Å². The number of piperidine rings is 2. The van der Waals surface area contributed by atoms with Gasteiger partial charge in [0.25, 0.3) is 5.91 Å². The van der Waals surface area contributed by atoms with Crippen LogP contribution in [0.3, 0.4) is 0 Å². The molecule has 5 heterocycles. The van der Waals surface area contributed by atoms with Crippen molar-refractivity contribution < 1.29 is 22.7 Å². The molecule has 6 rings (SSSR count). The minimum Gasteiger partial charge on any atom is -0.472 e. The number of thiazole rings is 1. The van der Waals surface area contributed by atoms with E-state index < -0.39 is 11.7 Å². The van der Waals surface area contributed by atoms with Crippen molar-refractivity contribution in [1.29, 1.82) is 0 Å². The SMILES string of the molecule is O=C(c1ncccc1-c1nccs1)N1C[C@@H]2CC[C@H]1[C@H](Oc1ccc(C(F)(F)F)cn1)C2. The van der Waals surface area contributed by atoms with Crippen molar-refractivity contribution >= 4 is 17.2 Å². The van der Waals surface area contributed by atoms with Crippen LogP contribution in [0.2, 0.25) is 0 Å². The minimum atomic E-state index is -4.45. The standard InChI is InChI=1S/C22H19F3N4O2S/c23-22(24,25)14-4-6-18(28-11-14)31-17-10-13-3-5-16(17)29(12-13)21(30)19-15(2-1-7-26-19)20-27-8-9-32-20/h1-2,4,6-9,11,13,16-17H,3,5,10,12H2/t13-,16+,17-/m1/s1. The van der Waals surface area contributed by atoms with E-state index in [-0.39, 0.29) is 29.9 Å². The van der Waals surface area contributed by atoms with Gasteiger partial charge in [-0.15, -0.1) is 11.3 Å². The van der Waals surface area contributed by atoms with Crippen molar-refractivity contribution in [2.75, 3.05) is 6.54 Å². The second kappa shape index (κ2) is 8.16. The average molecular weight is 460 g/mol. The molecule has 0 aromatic carbocycles. The number of amides is 1. The van der Waals surface area contributed by atoms with Crippen molar-refractivity contribution in [3.63, 3.8) is 0 Å². The zero-order valence-corrected chi connectivity index (χ0v) is 17.6. The van der Waals surface area contributed by atoms with E-state index in [1.807, 2.05) is 11.4 Å². The normalized spacial score (nSPS) is 22.7. The summed E-state index contributed by atoms with van der Waals surface area (Å²) in [5.74, 6) is 0.207. The predicted molar refractivity (Wildman–Crippen MR) is 111 cm³/mol. The van der Waals surface area contributed by atoms with Crippen LogP contribution in [0.5, 0.6) is 5.88 Å². The van der Waals surface area contributed by atoms with Crippen molar-refractivity contribution in [3.8, 4) is 16.5 Å². The summed E-state index contributed by atoms with van der Waals surface area (Å²) in [5.41, 5.74) is 0.217. The minimum absolute atomic E-state index is 0.129. The van der Waals surface area contributed by atoms with Crippen molar-refractivity contribution in [3.05, 3.63) is 59.5 Å². The van der Waals surface area contributed by atoms with Gasteiger partial charge in [0.05, 0.1) is 11.6 Å². The molecule has 0 unspecified atom stereocenters. The molecule has 1 amide bonds. The first-order valence-corrected chi connectivity index (χ1v) is 11.1. The first-order valence-electron chi connectivity index (χ1n) is 10.3. The van der Waals surface area contributed by atoms with Gasteiger partial charge in [0.1, 0.15) is 16.8 Å². The summed E-state index contributed by atoms with van der Waals surface area (Å²) in [6, 6.07) is 5.61. The Morgan fingerprint density at radius 2 is 2.00 bits per heavy atom. The average Bonchev–Trinajstić information content (AvgIpc) is 3.33. The van der Waals surface area contributed by atoms with Crippen LogP contribution in [0.4, 0.5) is 13.2 Å². The summed E-state index contributed by atoms with van der Waals surface area (Å²) in [4.78, 5) is 27.8. The number of nitrogens with zero attached hydrogens (tertiary/aromatic N) is 4. The molecule has 166 valence electrons. The molecular formula is C22H19F3N4O2S. The Kier molecular flexibility index (Phi) is 5.32. The van der Waals surface area contributed by atoms with E-state index >= 15 is 0 Å². The molecule has 10 heteroatoms. The highest BCUT2D eigenvalue weighted by Gasteiger charge is 2.45. The molecular weight excluding hydrogens is 441 g/mol. The van der Waals surface area contributed by atoms with E-state index in [2.05, 4.69) is 15.0 Å². The van der Waals surface area contributed by atoms with Crippen LogP contribution >= 0.6 is 11.3 Å². The van der Waals surface area contributed by atoms with E-state index in [9.17, 15) is 18.0 Å². The first kappa shape index (κ1) is 20.9. The lowest BCUT2D eigenvalue weighted by Gasteiger charge is -2.49. The molecule has 3 atom stereocenters. The molecule has 2 bridgehead atoms. The van der Waals surface area contributed by atoms with Gasteiger partial charge >= 0.3 is 6.18 Å². The Morgan fingerprint density at radius 3 is 2.69 bits per heavy atom. The third kappa shape index (κ3) is 3.94. The number of pyridine rings is 2. The fourth-order valence-electron chi connectivity index (χ4n) is 4.51. The zero-order valence-electron chi connectivity index (χ0n) is 16.8. The number of halogens is 3. The fraction of sp³-hybridized carbons (Fsp3) is 0.364. The predicted octanol–water partition coefficient (Wildman–Crippen LogP) is 4.69. The van der Waals surface area contributed by atoms with Gasteiger partial charge in [-0.3, -0.25) is 9.78 Å². The van der Waals surface area contributed by atoms with Crippen molar-refractivity contribution in [2.24, 2.45) is 5.92 Å². The number of alkyl halides is 3. The molecule has 3 fully saturated rings. The van der Waals surface area contributed by atoms with Gasteiger partial charge in [0.2, 0.25) is 5.88 Å². The van der Waals surface area contributed by atoms with Crippen LogP contribution in [-0.4, -0.2) is 44.4 Å². The van der Waals surface area contributed by atoms with E-state index in [0.717, 1.165) is 36.5 Å². The molecule has 3 aromatic rings. The Labute approximate surface area is 186 Å². The second-order valence-corrected chi connectivity index (χ2v) is 8.87. The molecule has 1 aliphatic carbocycles. The Hall–Kier alpha value is -3.01. The fourth-order valence-corrected chi connectivity index (χ4v) is 5.17. The zero-order chi connectivity index (χ0) is 22.3. The summed E-state index contributed by atoms with van der Waals surface area (Å²) >= 11 is 1.44. The topological polar surface area (TPSA) is 68.2 Å². The molecule has 2 saturated heterocycles. The number of ether oxygens (including phenoxy) is 1. The number of hydrogen-bond donors (Lipinski definition) is 0. The van der Waals surface area contributed by atoms with Gasteiger partial charge in [-0.05, 0) is 43.4 Å². The number of fused-ring (bicyclic) bond motifs is 3. The molecule has 0 radical (unpaired) electrons. The maximum atomic E-state index is 13.5. The molecule has 0 spiro atoms. The number of carbonyl (C=O) groups is 1. The highest BCUT2D eigenvalue weighted by Crippen LogP contribution is 2.39. The second-order valence-electron chi connectivity index (χ2n) is 7.98. The van der Waals surface area contributed by atoms with E-state index in [1.165, 1.54) is 17.4 Å². The Bertz CT molecular complexity index is 1110. The summed E-state index contributed by atoms with van der Waals surface area (Å²) in [5, 5.41) is 2.57. The summed E-state index contributed by atoms with van der Waals surface area (Å²) in [7, 11) is 0. The van der Waals surface area contributed by atoms with Gasteiger partial charge in [-0.1, -0.05) is 0 Å². The highest BCUT2D eigenvalue weighted by molar-refractivity contribution is 7.13. The number of carbonyl (C=O) groups excluding carboxylic acids is 1. The summed E-state index contributed by atoms with van der Waals surface area (Å²) < 4.78 is 44.4. The monoisotopic (exact) mass is 460 g/mol. The first-order chi connectivity index (χ1) is 15.4. The van der Waals surface area contributed by atoms with Crippen molar-refractivity contribution in [2.45, 2.75) is 37.6 Å². The molecule has 2 aliphatic heterocycles. The van der Waals surface area contributed by atoms with Gasteiger partial charge in [-0.25, -0.2) is 9.97 Å². The summed E-state index contributed by atoms with van der Waals surface area (Å²) in [6.07, 6.45) is 1.75. The van der Waals surface area contributed by atoms with Crippen LogP contribution in [0.15, 0.2) is 48.2 Å². The van der Waals surface area contributed by atoms with E-state index in [0.29, 0.717) is 17.8 Å². The number of hydrogen-bond acceptors (Lipinski definition) is 6. The molecule has 0 N–H and O–H groups in total. The van der Waals surface area contributed by atoms with Crippen LogP contribution < -0.4 is 4.74 Å². The van der Waals surface area contributed by atoms with Crippen LogP contribution in [0.25, 0.3) is 10.6 Å². The maximum absolute atomic E-state index is 13.5. The van der Waals surface area contributed by atoms with Crippen molar-refractivity contribution in [1.82, 2.24) is 19.9 Å². The quantitative estimate of drug-likeness (QED) is 0.565. The van der Waals surface area contributed by atoms with E-state index in [1.54, 1.807) is 23.4 Å². The lowest BCUT2D eigenvalue weighted by atomic mass is 9.77. The summed E-state index contributed by atoms with van der Waals surface area (Å²) in [6.45, 7) is 0.609. The van der Waals surface area contributed by atoms with E-state index in [4.69, 9.17) is 4.74 Å². The lowest BCUT2D eigenvalue weighted by molar-refractivity contribution is -0.137. The largest absolute Gasteiger partial charge is 0.472 e. The van der Waals surface area contributed by atoms with Gasteiger partial charge in [0, 0.05) is 42.1 Å². The maximum Gasteiger partial charge on any atom is 0.417 e. The highest BCUT2D eigenvalue weighted by atomic mass is 32.1. The lowest BCUT2D eigenvalue weighted by Crippen LogP contribution is -2.59. The van der Waals surface area contributed by atoms with Crippen LogP contribution in [-0.2, 0) is 6.18 Å². The molecule has 6 nitrogen and oxygen atoms in total. The van der Waals surface area contributed by atoms with Gasteiger partial charge in [0.15, 0.2) is 0 Å². The Balaban J connectivity index is 1.37. The van der Waals surface area contributed by atoms with Crippen LogP contribution in [0, 0.1) is 5.92 Å². The number of rotatable bonds is 4. The third-order valence-electron chi connectivity index (χ3n) is 5.99.